The van der Waals surface area contributed by atoms with Crippen LogP contribution in [0.1, 0.15) is 21.5 Å². The molecule has 0 saturated carbocycles. The number of ketones is 1. The SMILES string of the molecule is Cc1ccc(C(=O)Cc2cc(Cl)ccc2Cl)cc1. The van der Waals surface area contributed by atoms with Crippen LogP contribution in [0.5, 0.6) is 0 Å². The third-order valence-electron chi connectivity index (χ3n) is 2.73. The first-order valence-corrected chi connectivity index (χ1v) is 6.35. The molecule has 0 amide bonds. The van der Waals surface area contributed by atoms with Crippen LogP contribution in [0.15, 0.2) is 42.5 Å². The van der Waals surface area contributed by atoms with Gasteiger partial charge in [-0.1, -0.05) is 53.0 Å². The minimum absolute atomic E-state index is 0.0409. The van der Waals surface area contributed by atoms with Crippen LogP contribution in [-0.4, -0.2) is 5.78 Å². The predicted octanol–water partition coefficient (Wildman–Crippen LogP) is 4.73. The van der Waals surface area contributed by atoms with Gasteiger partial charge in [0.1, 0.15) is 0 Å². The summed E-state index contributed by atoms with van der Waals surface area (Å²) in [7, 11) is 0. The van der Waals surface area contributed by atoms with Gasteiger partial charge in [0.2, 0.25) is 0 Å². The minimum atomic E-state index is 0.0409. The van der Waals surface area contributed by atoms with Crippen molar-refractivity contribution in [2.75, 3.05) is 0 Å². The summed E-state index contributed by atoms with van der Waals surface area (Å²) in [5.41, 5.74) is 2.58. The molecule has 0 N–H and O–H groups in total. The van der Waals surface area contributed by atoms with E-state index in [-0.39, 0.29) is 12.2 Å². The molecule has 18 heavy (non-hydrogen) atoms. The molecule has 2 aromatic rings. The Morgan fingerprint density at radius 2 is 1.72 bits per heavy atom. The highest BCUT2D eigenvalue weighted by Gasteiger charge is 2.10. The van der Waals surface area contributed by atoms with Crippen LogP contribution in [0.4, 0.5) is 0 Å². The van der Waals surface area contributed by atoms with Crippen molar-refractivity contribution in [1.29, 1.82) is 0 Å². The summed E-state index contributed by atoms with van der Waals surface area (Å²) in [6.07, 6.45) is 0.266. The third kappa shape index (κ3) is 3.12. The highest BCUT2D eigenvalue weighted by atomic mass is 35.5. The fraction of sp³-hybridized carbons (Fsp3) is 0.133. The van der Waals surface area contributed by atoms with Gasteiger partial charge in [-0.3, -0.25) is 4.79 Å². The molecular weight excluding hydrogens is 267 g/mol. The van der Waals surface area contributed by atoms with Crippen LogP contribution in [0.25, 0.3) is 0 Å². The standard InChI is InChI=1S/C15H12Cl2O/c1-10-2-4-11(5-3-10)15(18)9-12-8-13(16)6-7-14(12)17/h2-8H,9H2,1H3. The summed E-state index contributed by atoms with van der Waals surface area (Å²) in [5.74, 6) is 0.0409. The Hall–Kier alpha value is -1.31. The summed E-state index contributed by atoms with van der Waals surface area (Å²) in [6.45, 7) is 1.99. The molecule has 3 heteroatoms. The van der Waals surface area contributed by atoms with Gasteiger partial charge in [-0.25, -0.2) is 0 Å². The molecule has 0 unspecified atom stereocenters. The molecule has 2 rings (SSSR count). The quantitative estimate of drug-likeness (QED) is 0.742. The van der Waals surface area contributed by atoms with Gasteiger partial charge in [-0.2, -0.15) is 0 Å². The zero-order valence-corrected chi connectivity index (χ0v) is 11.4. The molecular formula is C15H12Cl2O. The van der Waals surface area contributed by atoms with E-state index >= 15 is 0 Å². The molecule has 92 valence electrons. The van der Waals surface area contributed by atoms with Crippen LogP contribution in [0, 0.1) is 6.92 Å². The van der Waals surface area contributed by atoms with Crippen molar-refractivity contribution in [3.63, 3.8) is 0 Å². The maximum absolute atomic E-state index is 12.1. The molecule has 0 spiro atoms. The average Bonchev–Trinajstić information content (AvgIpc) is 2.34. The Morgan fingerprint density at radius 1 is 1.06 bits per heavy atom. The number of aryl methyl sites for hydroxylation is 1. The molecule has 2 aromatic carbocycles. The van der Waals surface area contributed by atoms with E-state index in [1.54, 1.807) is 18.2 Å². The first-order chi connectivity index (χ1) is 8.56. The predicted molar refractivity (Wildman–Crippen MR) is 75.7 cm³/mol. The zero-order valence-electron chi connectivity index (χ0n) is 9.91. The van der Waals surface area contributed by atoms with Crippen LogP contribution < -0.4 is 0 Å². The van der Waals surface area contributed by atoms with Crippen molar-refractivity contribution in [2.24, 2.45) is 0 Å². The molecule has 0 bridgehead atoms. The first-order valence-electron chi connectivity index (χ1n) is 5.60. The number of benzene rings is 2. The van der Waals surface area contributed by atoms with Crippen LogP contribution in [-0.2, 0) is 6.42 Å². The molecule has 0 aromatic heterocycles. The summed E-state index contributed by atoms with van der Waals surface area (Å²) >= 11 is 11.9. The second kappa shape index (κ2) is 5.55. The summed E-state index contributed by atoms with van der Waals surface area (Å²) < 4.78 is 0. The maximum atomic E-state index is 12.1. The molecule has 0 radical (unpaired) electrons. The van der Waals surface area contributed by atoms with Crippen molar-refractivity contribution in [2.45, 2.75) is 13.3 Å². The van der Waals surface area contributed by atoms with Crippen molar-refractivity contribution >= 4 is 29.0 Å². The molecule has 0 saturated heterocycles. The monoisotopic (exact) mass is 278 g/mol. The normalized spacial score (nSPS) is 10.4. The number of rotatable bonds is 3. The highest BCUT2D eigenvalue weighted by molar-refractivity contribution is 6.33. The minimum Gasteiger partial charge on any atom is -0.294 e. The Kier molecular flexibility index (Phi) is 4.05. The lowest BCUT2D eigenvalue weighted by atomic mass is 10.0. The van der Waals surface area contributed by atoms with Gasteiger partial charge in [0, 0.05) is 22.0 Å². The zero-order chi connectivity index (χ0) is 13.1. The Bertz CT molecular complexity index is 574. The third-order valence-corrected chi connectivity index (χ3v) is 3.34. The van der Waals surface area contributed by atoms with Crippen molar-refractivity contribution < 1.29 is 4.79 Å². The van der Waals surface area contributed by atoms with E-state index in [9.17, 15) is 4.79 Å². The van der Waals surface area contributed by atoms with Crippen LogP contribution >= 0.6 is 23.2 Å². The van der Waals surface area contributed by atoms with Gasteiger partial charge in [0.25, 0.3) is 0 Å². The molecule has 0 aliphatic rings. The van der Waals surface area contributed by atoms with Crippen LogP contribution in [0.3, 0.4) is 0 Å². The average molecular weight is 279 g/mol. The largest absolute Gasteiger partial charge is 0.294 e. The number of hydrogen-bond donors (Lipinski definition) is 0. The lowest BCUT2D eigenvalue weighted by molar-refractivity contribution is 0.0993. The van der Waals surface area contributed by atoms with Crippen molar-refractivity contribution in [3.05, 3.63) is 69.2 Å². The Balaban J connectivity index is 2.21. The number of carbonyl (C=O) groups is 1. The van der Waals surface area contributed by atoms with Gasteiger partial charge in [-0.15, -0.1) is 0 Å². The smallest absolute Gasteiger partial charge is 0.167 e. The lowest BCUT2D eigenvalue weighted by Crippen LogP contribution is -2.04. The summed E-state index contributed by atoms with van der Waals surface area (Å²) in [4.78, 5) is 12.1. The van der Waals surface area contributed by atoms with Crippen molar-refractivity contribution in [1.82, 2.24) is 0 Å². The Morgan fingerprint density at radius 3 is 2.39 bits per heavy atom. The Labute approximate surface area is 116 Å². The van der Waals surface area contributed by atoms with E-state index in [0.717, 1.165) is 11.1 Å². The van der Waals surface area contributed by atoms with E-state index in [4.69, 9.17) is 23.2 Å². The molecule has 0 aliphatic heterocycles. The molecule has 1 nitrogen and oxygen atoms in total. The van der Waals surface area contributed by atoms with E-state index in [1.165, 1.54) is 0 Å². The van der Waals surface area contributed by atoms with E-state index in [1.807, 2.05) is 31.2 Å². The number of Topliss-reactive ketones (excluding diaryl/α,β-unsaturated/α-hetero) is 1. The number of carbonyl (C=O) groups excluding carboxylic acids is 1. The number of halogens is 2. The fourth-order valence-corrected chi connectivity index (χ4v) is 2.07. The van der Waals surface area contributed by atoms with E-state index in [0.29, 0.717) is 15.6 Å². The summed E-state index contributed by atoms with van der Waals surface area (Å²) in [5, 5.41) is 1.16. The molecule has 0 aliphatic carbocycles. The van der Waals surface area contributed by atoms with E-state index < -0.39 is 0 Å². The second-order valence-corrected chi connectivity index (χ2v) is 5.05. The van der Waals surface area contributed by atoms with E-state index in [2.05, 4.69) is 0 Å². The highest BCUT2D eigenvalue weighted by Crippen LogP contribution is 2.22. The van der Waals surface area contributed by atoms with Crippen molar-refractivity contribution in [3.8, 4) is 0 Å². The summed E-state index contributed by atoms with van der Waals surface area (Å²) in [6, 6.07) is 12.7. The van der Waals surface area contributed by atoms with Gasteiger partial charge < -0.3 is 0 Å². The second-order valence-electron chi connectivity index (χ2n) is 4.20. The van der Waals surface area contributed by atoms with Gasteiger partial charge in [0.05, 0.1) is 0 Å². The molecule has 0 fully saturated rings. The fourth-order valence-electron chi connectivity index (χ4n) is 1.69. The molecule has 0 atom stereocenters. The van der Waals surface area contributed by atoms with Gasteiger partial charge >= 0.3 is 0 Å². The maximum Gasteiger partial charge on any atom is 0.167 e. The topological polar surface area (TPSA) is 17.1 Å². The van der Waals surface area contributed by atoms with Gasteiger partial charge in [-0.05, 0) is 30.7 Å². The van der Waals surface area contributed by atoms with Gasteiger partial charge in [0.15, 0.2) is 5.78 Å². The first kappa shape index (κ1) is 13.1. The van der Waals surface area contributed by atoms with Crippen LogP contribution in [0.2, 0.25) is 10.0 Å². The number of hydrogen-bond acceptors (Lipinski definition) is 1. The molecule has 0 heterocycles. The lowest BCUT2D eigenvalue weighted by Gasteiger charge is -2.05.